The first-order valence-electron chi connectivity index (χ1n) is 15.8. The number of nitrogens with zero attached hydrogens (tertiary/aromatic N) is 1. The summed E-state index contributed by atoms with van der Waals surface area (Å²) in [6.45, 7) is 6.41. The molecule has 0 bridgehead atoms. The van der Waals surface area contributed by atoms with Crippen LogP contribution in [0, 0.1) is 0 Å². The van der Waals surface area contributed by atoms with E-state index in [0.717, 1.165) is 19.6 Å². The molecule has 0 amide bonds. The lowest BCUT2D eigenvalue weighted by atomic mass is 10.0. The van der Waals surface area contributed by atoms with Crippen molar-refractivity contribution in [3.05, 3.63) is 24.3 Å². The zero-order chi connectivity index (χ0) is 25.7. The van der Waals surface area contributed by atoms with E-state index in [4.69, 9.17) is 4.74 Å². The van der Waals surface area contributed by atoms with Crippen molar-refractivity contribution in [1.29, 1.82) is 0 Å². The lowest BCUT2D eigenvalue weighted by Gasteiger charge is -2.24. The van der Waals surface area contributed by atoms with Crippen molar-refractivity contribution >= 4 is 0 Å². The van der Waals surface area contributed by atoms with Gasteiger partial charge in [-0.3, -0.25) is 0 Å². The molecule has 0 radical (unpaired) electrons. The van der Waals surface area contributed by atoms with Crippen LogP contribution in [0.4, 0.5) is 0 Å². The number of ether oxygens (including phenoxy) is 1. The van der Waals surface area contributed by atoms with Gasteiger partial charge in [-0.05, 0) is 59.0 Å². The Morgan fingerprint density at radius 2 is 1.00 bits per heavy atom. The van der Waals surface area contributed by atoms with Crippen LogP contribution in [-0.2, 0) is 4.74 Å². The second-order valence-corrected chi connectivity index (χ2v) is 10.9. The van der Waals surface area contributed by atoms with Crippen LogP contribution in [0.25, 0.3) is 0 Å². The molecular weight excluding hydrogens is 426 g/mol. The van der Waals surface area contributed by atoms with Crippen molar-refractivity contribution in [1.82, 2.24) is 4.90 Å². The van der Waals surface area contributed by atoms with Gasteiger partial charge >= 0.3 is 0 Å². The van der Waals surface area contributed by atoms with Crippen LogP contribution in [0.1, 0.15) is 155 Å². The number of rotatable bonds is 28. The van der Waals surface area contributed by atoms with Gasteiger partial charge in [-0.2, -0.15) is 0 Å². The maximum Gasteiger partial charge on any atom is 0.0621 e. The van der Waals surface area contributed by atoms with Crippen molar-refractivity contribution in [2.45, 2.75) is 161 Å². The van der Waals surface area contributed by atoms with E-state index in [1.165, 1.54) is 135 Å². The van der Waals surface area contributed by atoms with Gasteiger partial charge < -0.3 is 9.64 Å². The predicted octanol–water partition coefficient (Wildman–Crippen LogP) is 10.7. The molecule has 0 aromatic carbocycles. The molecule has 0 aromatic rings. The number of unbranched alkanes of at least 4 members (excludes halogenated alkanes) is 17. The molecule has 0 N–H and O–H groups in total. The van der Waals surface area contributed by atoms with Gasteiger partial charge in [0.15, 0.2) is 0 Å². The lowest BCUT2D eigenvalue weighted by molar-refractivity contribution is 0.0721. The minimum absolute atomic E-state index is 0.587. The summed E-state index contributed by atoms with van der Waals surface area (Å²) in [6.07, 6.45) is 39.0. The predicted molar refractivity (Wildman–Crippen MR) is 159 cm³/mol. The van der Waals surface area contributed by atoms with Crippen molar-refractivity contribution in [3.63, 3.8) is 0 Å². The van der Waals surface area contributed by atoms with Crippen molar-refractivity contribution < 1.29 is 4.74 Å². The first kappa shape index (κ1) is 34.4. The Labute approximate surface area is 222 Å². The molecule has 0 unspecified atom stereocenters. The maximum atomic E-state index is 6.05. The van der Waals surface area contributed by atoms with Crippen LogP contribution in [0.5, 0.6) is 0 Å². The summed E-state index contributed by atoms with van der Waals surface area (Å²) in [6, 6.07) is 0.587. The van der Waals surface area contributed by atoms with Gasteiger partial charge in [0.05, 0.1) is 6.61 Å². The van der Waals surface area contributed by atoms with E-state index < -0.39 is 0 Å². The third-order valence-corrected chi connectivity index (χ3v) is 7.17. The third-order valence-electron chi connectivity index (χ3n) is 7.17. The molecule has 0 saturated carbocycles. The fourth-order valence-electron chi connectivity index (χ4n) is 4.59. The molecule has 0 saturated heterocycles. The second kappa shape index (κ2) is 29.6. The second-order valence-electron chi connectivity index (χ2n) is 10.9. The fraction of sp³-hybridized carbons (Fsp3) is 0.879. The molecule has 208 valence electrons. The summed E-state index contributed by atoms with van der Waals surface area (Å²) in [4.78, 5) is 2.36. The third kappa shape index (κ3) is 27.8. The molecule has 0 spiro atoms. The Morgan fingerprint density at radius 3 is 1.57 bits per heavy atom. The van der Waals surface area contributed by atoms with E-state index in [0.29, 0.717) is 6.04 Å². The minimum Gasteiger partial charge on any atom is -0.380 e. The SMILES string of the molecule is CCCCC/C=C\C/C=C\CCCCCCCCOC[C@H](CCCCCCCCCCC)N(C)C. The van der Waals surface area contributed by atoms with E-state index in [-0.39, 0.29) is 0 Å². The van der Waals surface area contributed by atoms with Gasteiger partial charge in [-0.1, -0.05) is 134 Å². The van der Waals surface area contributed by atoms with E-state index >= 15 is 0 Å². The monoisotopic (exact) mass is 492 g/mol. The summed E-state index contributed by atoms with van der Waals surface area (Å²) in [5, 5.41) is 0. The van der Waals surface area contributed by atoms with Crippen LogP contribution in [0.2, 0.25) is 0 Å². The molecule has 0 aromatic heterocycles. The highest BCUT2D eigenvalue weighted by Crippen LogP contribution is 2.13. The summed E-state index contributed by atoms with van der Waals surface area (Å²) < 4.78 is 6.05. The first-order valence-corrected chi connectivity index (χ1v) is 15.8. The molecule has 0 aliphatic heterocycles. The van der Waals surface area contributed by atoms with Crippen molar-refractivity contribution in [2.24, 2.45) is 0 Å². The van der Waals surface area contributed by atoms with Crippen molar-refractivity contribution in [3.8, 4) is 0 Å². The highest BCUT2D eigenvalue weighted by atomic mass is 16.5. The van der Waals surface area contributed by atoms with Crippen LogP contribution < -0.4 is 0 Å². The molecule has 0 fully saturated rings. The molecule has 35 heavy (non-hydrogen) atoms. The Kier molecular flexibility index (Phi) is 29.1. The van der Waals surface area contributed by atoms with Gasteiger partial charge in [-0.15, -0.1) is 0 Å². The molecule has 0 rings (SSSR count). The average molecular weight is 492 g/mol. The summed E-state index contributed by atoms with van der Waals surface area (Å²) >= 11 is 0. The van der Waals surface area contributed by atoms with Gasteiger partial charge in [0, 0.05) is 12.6 Å². The number of hydrogen-bond donors (Lipinski definition) is 0. The van der Waals surface area contributed by atoms with Crippen molar-refractivity contribution in [2.75, 3.05) is 27.3 Å². The molecule has 0 aliphatic rings. The Balaban J connectivity index is 3.45. The normalized spacial score (nSPS) is 13.1. The minimum atomic E-state index is 0.587. The van der Waals surface area contributed by atoms with Gasteiger partial charge in [0.2, 0.25) is 0 Å². The Bertz CT molecular complexity index is 442. The summed E-state index contributed by atoms with van der Waals surface area (Å²) in [5.74, 6) is 0. The highest BCUT2D eigenvalue weighted by molar-refractivity contribution is 4.92. The van der Waals surface area contributed by atoms with Crippen LogP contribution in [-0.4, -0.2) is 38.3 Å². The molecule has 1 atom stereocenters. The lowest BCUT2D eigenvalue weighted by Crippen LogP contribution is -2.32. The number of likely N-dealkylation sites (N-methyl/N-ethyl adjacent to an activating group) is 1. The van der Waals surface area contributed by atoms with Gasteiger partial charge in [-0.25, -0.2) is 0 Å². The first-order chi connectivity index (χ1) is 17.2. The smallest absolute Gasteiger partial charge is 0.0621 e. The topological polar surface area (TPSA) is 12.5 Å². The molecule has 2 heteroatoms. The van der Waals surface area contributed by atoms with E-state index in [1.54, 1.807) is 0 Å². The zero-order valence-corrected chi connectivity index (χ0v) is 24.7. The van der Waals surface area contributed by atoms with Crippen LogP contribution in [0.3, 0.4) is 0 Å². The highest BCUT2D eigenvalue weighted by Gasteiger charge is 2.11. The fourth-order valence-corrected chi connectivity index (χ4v) is 4.59. The van der Waals surface area contributed by atoms with E-state index in [9.17, 15) is 0 Å². The van der Waals surface area contributed by atoms with Crippen LogP contribution >= 0.6 is 0 Å². The average Bonchev–Trinajstić information content (AvgIpc) is 2.85. The largest absolute Gasteiger partial charge is 0.380 e. The zero-order valence-electron chi connectivity index (χ0n) is 24.7. The maximum absolute atomic E-state index is 6.05. The number of allylic oxidation sites excluding steroid dienone is 4. The quantitative estimate of drug-likeness (QED) is 0.0797. The molecule has 0 aliphatic carbocycles. The van der Waals surface area contributed by atoms with Gasteiger partial charge in [0.25, 0.3) is 0 Å². The summed E-state index contributed by atoms with van der Waals surface area (Å²) in [7, 11) is 4.42. The molecular formula is C33H65NO. The summed E-state index contributed by atoms with van der Waals surface area (Å²) in [5.41, 5.74) is 0. The molecule has 2 nitrogen and oxygen atoms in total. The van der Waals surface area contributed by atoms with E-state index in [1.807, 2.05) is 0 Å². The number of hydrogen-bond acceptors (Lipinski definition) is 2. The van der Waals surface area contributed by atoms with E-state index in [2.05, 4.69) is 57.1 Å². The molecule has 0 heterocycles. The van der Waals surface area contributed by atoms with Crippen LogP contribution in [0.15, 0.2) is 24.3 Å². The Morgan fingerprint density at radius 1 is 0.543 bits per heavy atom. The Hall–Kier alpha value is -0.600. The van der Waals surface area contributed by atoms with Gasteiger partial charge in [0.1, 0.15) is 0 Å². The standard InChI is InChI=1S/C33H65NO/c1-5-7-9-11-13-15-16-17-18-19-20-21-23-25-27-29-31-35-32-33(34(3)4)30-28-26-24-22-14-12-10-8-6-2/h13,15,17-18,33H,5-12,14,16,19-32H2,1-4H3/b15-13-,18-17-/t33-/m0/s1.